The maximum Gasteiger partial charge on any atom is 0.291 e. The molecule has 0 unspecified atom stereocenters. The van der Waals surface area contributed by atoms with E-state index in [2.05, 4.69) is 26.2 Å². The van der Waals surface area contributed by atoms with Crippen LogP contribution >= 0.6 is 15.9 Å². The van der Waals surface area contributed by atoms with Crippen molar-refractivity contribution in [3.05, 3.63) is 26.3 Å². The summed E-state index contributed by atoms with van der Waals surface area (Å²) in [5, 5.41) is 13.6. The zero-order valence-corrected chi connectivity index (χ0v) is 10.6. The minimum Gasteiger partial charge on any atom is -0.475 e. The second kappa shape index (κ2) is 5.76. The van der Waals surface area contributed by atoms with Crippen molar-refractivity contribution in [2.24, 2.45) is 0 Å². The summed E-state index contributed by atoms with van der Waals surface area (Å²) in [7, 11) is 1.81. The smallest absolute Gasteiger partial charge is 0.291 e. The van der Waals surface area contributed by atoms with Gasteiger partial charge in [-0.1, -0.05) is 0 Å². The fourth-order valence-corrected chi connectivity index (χ4v) is 1.50. The normalized spacial score (nSPS) is 10.2. The maximum absolute atomic E-state index is 10.6. The molecule has 1 aromatic heterocycles. The minimum absolute atomic E-state index is 0.0205. The first kappa shape index (κ1) is 12.9. The van der Waals surface area contributed by atoms with E-state index in [4.69, 9.17) is 4.74 Å². The Morgan fingerprint density at radius 2 is 2.38 bits per heavy atom. The van der Waals surface area contributed by atoms with E-state index >= 15 is 0 Å². The average Bonchev–Trinajstić information content (AvgIpc) is 2.24. The molecule has 0 atom stereocenters. The molecule has 0 aliphatic heterocycles. The molecule has 0 saturated heterocycles. The molecule has 16 heavy (non-hydrogen) atoms. The number of halogens is 1. The van der Waals surface area contributed by atoms with Crippen LogP contribution in [-0.2, 0) is 0 Å². The van der Waals surface area contributed by atoms with Crippen molar-refractivity contribution in [3.8, 4) is 5.88 Å². The molecule has 1 N–H and O–H groups in total. The molecule has 0 bridgehead atoms. The molecule has 1 heterocycles. The number of hydrogen-bond acceptors (Lipinski definition) is 5. The Bertz CT molecular complexity index is 398. The lowest BCUT2D eigenvalue weighted by Gasteiger charge is -2.08. The van der Waals surface area contributed by atoms with E-state index in [-0.39, 0.29) is 5.69 Å². The predicted octanol–water partition coefficient (Wildman–Crippen LogP) is 1.66. The molecule has 0 aliphatic carbocycles. The second-order valence-electron chi connectivity index (χ2n) is 3.10. The van der Waals surface area contributed by atoms with E-state index in [0.29, 0.717) is 29.1 Å². The first-order valence-electron chi connectivity index (χ1n) is 4.64. The van der Waals surface area contributed by atoms with Crippen LogP contribution in [0.2, 0.25) is 0 Å². The Morgan fingerprint density at radius 1 is 1.69 bits per heavy atom. The summed E-state index contributed by atoms with van der Waals surface area (Å²) in [5.41, 5.74) is 0.493. The highest BCUT2D eigenvalue weighted by molar-refractivity contribution is 9.10. The molecule has 0 saturated carbocycles. The third kappa shape index (κ3) is 2.89. The van der Waals surface area contributed by atoms with Gasteiger partial charge in [-0.2, -0.15) is 0 Å². The van der Waals surface area contributed by atoms with Gasteiger partial charge in [0.15, 0.2) is 0 Å². The molecular formula is C9H12BrN3O3. The number of nitrogens with one attached hydrogen (secondary N) is 1. The molecule has 0 fully saturated rings. The van der Waals surface area contributed by atoms with Crippen LogP contribution in [0.3, 0.4) is 0 Å². The van der Waals surface area contributed by atoms with Crippen molar-refractivity contribution in [3.63, 3.8) is 0 Å². The lowest BCUT2D eigenvalue weighted by atomic mass is 10.2. The zero-order valence-electron chi connectivity index (χ0n) is 8.99. The number of likely N-dealkylation sites (N-methyl/N-ethyl adjacent to an activating group) is 1. The van der Waals surface area contributed by atoms with Crippen molar-refractivity contribution in [2.45, 2.75) is 6.92 Å². The van der Waals surface area contributed by atoms with Crippen LogP contribution in [0.1, 0.15) is 5.56 Å². The highest BCUT2D eigenvalue weighted by atomic mass is 79.9. The van der Waals surface area contributed by atoms with Crippen molar-refractivity contribution in [2.75, 3.05) is 20.2 Å². The van der Waals surface area contributed by atoms with Crippen molar-refractivity contribution >= 4 is 21.6 Å². The van der Waals surface area contributed by atoms with Gasteiger partial charge in [-0.25, -0.2) is 4.98 Å². The van der Waals surface area contributed by atoms with Gasteiger partial charge in [0, 0.05) is 12.1 Å². The van der Waals surface area contributed by atoms with Crippen LogP contribution in [0, 0.1) is 17.0 Å². The molecule has 1 aromatic rings. The second-order valence-corrected chi connectivity index (χ2v) is 3.89. The first-order valence-corrected chi connectivity index (χ1v) is 5.44. The highest BCUT2D eigenvalue weighted by Gasteiger charge is 2.17. The van der Waals surface area contributed by atoms with Crippen molar-refractivity contribution in [1.29, 1.82) is 0 Å². The fraction of sp³-hybridized carbons (Fsp3) is 0.444. The topological polar surface area (TPSA) is 77.3 Å². The number of nitrogens with zero attached hydrogens (tertiary/aromatic N) is 2. The molecule has 0 radical (unpaired) electrons. The molecule has 0 aliphatic rings. The van der Waals surface area contributed by atoms with Gasteiger partial charge in [0.25, 0.3) is 5.69 Å². The molecule has 0 amide bonds. The van der Waals surface area contributed by atoms with Gasteiger partial charge in [0.05, 0.1) is 9.40 Å². The van der Waals surface area contributed by atoms with Crippen molar-refractivity contribution < 1.29 is 9.66 Å². The average molecular weight is 290 g/mol. The highest BCUT2D eigenvalue weighted by Crippen LogP contribution is 2.31. The number of hydrogen-bond donors (Lipinski definition) is 1. The van der Waals surface area contributed by atoms with Gasteiger partial charge in [-0.3, -0.25) is 10.1 Å². The predicted molar refractivity (Wildman–Crippen MR) is 62.8 cm³/mol. The lowest BCUT2D eigenvalue weighted by Crippen LogP contribution is -2.16. The van der Waals surface area contributed by atoms with E-state index in [1.165, 1.54) is 6.20 Å². The third-order valence-corrected chi connectivity index (χ3v) is 2.93. The molecular weight excluding hydrogens is 278 g/mol. The SMILES string of the molecule is CNCCOc1ncc([N+](=O)[O-])c(C)c1Br. The molecule has 0 aromatic carbocycles. The molecule has 1 rings (SSSR count). The summed E-state index contributed by atoms with van der Waals surface area (Å²) >= 11 is 3.24. The number of aromatic nitrogens is 1. The third-order valence-electron chi connectivity index (χ3n) is 1.99. The van der Waals surface area contributed by atoms with Crippen LogP contribution in [-0.4, -0.2) is 30.1 Å². The summed E-state index contributed by atoms with van der Waals surface area (Å²) in [6.45, 7) is 2.79. The Kier molecular flexibility index (Phi) is 4.63. The van der Waals surface area contributed by atoms with Gasteiger partial charge < -0.3 is 10.1 Å². The van der Waals surface area contributed by atoms with Crippen LogP contribution in [0.5, 0.6) is 5.88 Å². The molecule has 0 spiro atoms. The number of pyridine rings is 1. The molecule has 88 valence electrons. The van der Waals surface area contributed by atoms with Gasteiger partial charge in [0.1, 0.15) is 12.8 Å². The van der Waals surface area contributed by atoms with Crippen LogP contribution in [0.15, 0.2) is 10.7 Å². The van der Waals surface area contributed by atoms with Gasteiger partial charge in [-0.15, -0.1) is 0 Å². The van der Waals surface area contributed by atoms with E-state index in [1.807, 2.05) is 7.05 Å². The van der Waals surface area contributed by atoms with Crippen LogP contribution in [0.25, 0.3) is 0 Å². The molecule has 6 nitrogen and oxygen atoms in total. The molecule has 7 heteroatoms. The van der Waals surface area contributed by atoms with Crippen molar-refractivity contribution in [1.82, 2.24) is 10.3 Å². The van der Waals surface area contributed by atoms with Gasteiger partial charge in [-0.05, 0) is 29.9 Å². The Hall–Kier alpha value is -1.21. The summed E-state index contributed by atoms with van der Waals surface area (Å²) in [4.78, 5) is 14.1. The van der Waals surface area contributed by atoms with Crippen LogP contribution in [0.4, 0.5) is 5.69 Å². The number of nitro groups is 1. The monoisotopic (exact) mass is 289 g/mol. The Morgan fingerprint density at radius 3 is 2.94 bits per heavy atom. The van der Waals surface area contributed by atoms with E-state index < -0.39 is 4.92 Å². The summed E-state index contributed by atoms with van der Waals surface area (Å²) < 4.78 is 5.88. The largest absolute Gasteiger partial charge is 0.475 e. The van der Waals surface area contributed by atoms with Crippen LogP contribution < -0.4 is 10.1 Å². The van der Waals surface area contributed by atoms with E-state index in [1.54, 1.807) is 6.92 Å². The number of ether oxygens (including phenoxy) is 1. The Balaban J connectivity index is 2.89. The fourth-order valence-electron chi connectivity index (χ4n) is 1.08. The summed E-state index contributed by atoms with van der Waals surface area (Å²) in [6, 6.07) is 0. The quantitative estimate of drug-likeness (QED) is 0.507. The minimum atomic E-state index is -0.468. The Labute approximate surface area is 101 Å². The first-order chi connectivity index (χ1) is 7.57. The lowest BCUT2D eigenvalue weighted by molar-refractivity contribution is -0.385. The van der Waals surface area contributed by atoms with E-state index in [9.17, 15) is 10.1 Å². The maximum atomic E-state index is 10.6. The van der Waals surface area contributed by atoms with E-state index in [0.717, 1.165) is 0 Å². The summed E-state index contributed by atoms with van der Waals surface area (Å²) in [5.74, 6) is 0.373. The zero-order chi connectivity index (χ0) is 12.1. The standard InChI is InChI=1S/C9H12BrN3O3/c1-6-7(13(14)15)5-12-9(8(6)10)16-4-3-11-2/h5,11H,3-4H2,1-2H3. The number of rotatable bonds is 5. The van der Waals surface area contributed by atoms with Gasteiger partial charge in [0.2, 0.25) is 5.88 Å². The van der Waals surface area contributed by atoms with Gasteiger partial charge >= 0.3 is 0 Å². The summed E-state index contributed by atoms with van der Waals surface area (Å²) in [6.07, 6.45) is 1.20.